The van der Waals surface area contributed by atoms with Crippen molar-refractivity contribution in [3.8, 4) is 0 Å². The van der Waals surface area contributed by atoms with Crippen molar-refractivity contribution in [2.45, 2.75) is 20.4 Å². The molecule has 0 saturated carbocycles. The molecule has 3 rings (SSSR count). The molecule has 7 nitrogen and oxygen atoms in total. The molecule has 0 aliphatic carbocycles. The Morgan fingerprint density at radius 2 is 1.92 bits per heavy atom. The van der Waals surface area contributed by atoms with Crippen molar-refractivity contribution < 1.29 is 8.91 Å². The molecule has 0 radical (unpaired) electrons. The first-order valence-corrected chi connectivity index (χ1v) is 8.48. The van der Waals surface area contributed by atoms with Crippen molar-refractivity contribution in [2.75, 3.05) is 37.6 Å². The number of piperazine rings is 1. The number of nitrogens with zero attached hydrogens (tertiary/aromatic N) is 5. The molecule has 1 saturated heterocycles. The van der Waals surface area contributed by atoms with Gasteiger partial charge >= 0.3 is 0 Å². The van der Waals surface area contributed by atoms with Crippen LogP contribution in [0.3, 0.4) is 0 Å². The van der Waals surface area contributed by atoms with Gasteiger partial charge in [0.15, 0.2) is 11.8 Å². The third kappa shape index (κ3) is 5.29. The number of aromatic nitrogens is 2. The number of rotatable bonds is 4. The van der Waals surface area contributed by atoms with Crippen LogP contribution in [0.5, 0.6) is 0 Å². The lowest BCUT2D eigenvalue weighted by atomic mass is 10.2. The second kappa shape index (κ2) is 9.70. The molecule has 1 N–H and O–H groups in total. The highest BCUT2D eigenvalue weighted by molar-refractivity contribution is 14.0. The van der Waals surface area contributed by atoms with E-state index in [1.165, 1.54) is 12.1 Å². The highest BCUT2D eigenvalue weighted by atomic mass is 127. The van der Waals surface area contributed by atoms with Crippen LogP contribution in [0.15, 0.2) is 33.8 Å². The van der Waals surface area contributed by atoms with Crippen LogP contribution in [-0.2, 0) is 6.54 Å². The second-order valence-electron chi connectivity index (χ2n) is 5.85. The maximum absolute atomic E-state index is 13.1. The summed E-state index contributed by atoms with van der Waals surface area (Å²) in [4.78, 5) is 13.3. The average Bonchev–Trinajstić information content (AvgIpc) is 3.05. The van der Waals surface area contributed by atoms with E-state index in [9.17, 15) is 4.39 Å². The molecule has 0 amide bonds. The van der Waals surface area contributed by atoms with Gasteiger partial charge in [-0.05, 0) is 31.2 Å². The van der Waals surface area contributed by atoms with Crippen LogP contribution < -0.4 is 10.2 Å². The predicted octanol–water partition coefficient (Wildman–Crippen LogP) is 2.42. The molecular weight excluding hydrogens is 450 g/mol. The van der Waals surface area contributed by atoms with E-state index < -0.39 is 0 Å². The monoisotopic (exact) mass is 474 g/mol. The number of hydrogen-bond donors (Lipinski definition) is 1. The van der Waals surface area contributed by atoms with Crippen LogP contribution in [0.4, 0.5) is 10.1 Å². The fourth-order valence-electron chi connectivity index (χ4n) is 2.81. The number of aliphatic imine (C=N–C) groups is 1. The SMILES string of the molecule is CCNC(=NCc1noc(C)n1)N1CCN(c2ccc(F)cc2)CC1.I. The fourth-order valence-corrected chi connectivity index (χ4v) is 2.81. The molecule has 0 spiro atoms. The topological polar surface area (TPSA) is 69.8 Å². The summed E-state index contributed by atoms with van der Waals surface area (Å²) in [5.74, 6) is 1.77. The first-order valence-electron chi connectivity index (χ1n) is 8.48. The average molecular weight is 474 g/mol. The molecule has 0 atom stereocenters. The van der Waals surface area contributed by atoms with E-state index in [0.717, 1.165) is 44.4 Å². The maximum atomic E-state index is 13.1. The van der Waals surface area contributed by atoms with E-state index in [-0.39, 0.29) is 29.8 Å². The van der Waals surface area contributed by atoms with Crippen molar-refractivity contribution in [3.63, 3.8) is 0 Å². The summed E-state index contributed by atoms with van der Waals surface area (Å²) in [6.45, 7) is 8.39. The molecule has 9 heteroatoms. The minimum absolute atomic E-state index is 0. The quantitative estimate of drug-likeness (QED) is 0.417. The van der Waals surface area contributed by atoms with E-state index in [1.807, 2.05) is 19.1 Å². The number of anilines is 1. The van der Waals surface area contributed by atoms with Crippen molar-refractivity contribution in [1.82, 2.24) is 20.4 Å². The Kier molecular flexibility index (Phi) is 7.61. The highest BCUT2D eigenvalue weighted by Crippen LogP contribution is 2.17. The Bertz CT molecular complexity index is 712. The van der Waals surface area contributed by atoms with Gasteiger partial charge in [-0.3, -0.25) is 0 Å². The van der Waals surface area contributed by atoms with Gasteiger partial charge in [-0.15, -0.1) is 24.0 Å². The Morgan fingerprint density at radius 3 is 2.50 bits per heavy atom. The summed E-state index contributed by atoms with van der Waals surface area (Å²) in [5.41, 5.74) is 1.05. The first kappa shape index (κ1) is 20.4. The minimum atomic E-state index is -0.208. The summed E-state index contributed by atoms with van der Waals surface area (Å²) in [5, 5.41) is 7.19. The number of aryl methyl sites for hydroxylation is 1. The molecule has 26 heavy (non-hydrogen) atoms. The molecule has 1 aromatic heterocycles. The van der Waals surface area contributed by atoms with Crippen LogP contribution in [0.2, 0.25) is 0 Å². The lowest BCUT2D eigenvalue weighted by Gasteiger charge is -2.37. The van der Waals surface area contributed by atoms with Gasteiger partial charge in [0.05, 0.1) is 0 Å². The van der Waals surface area contributed by atoms with Gasteiger partial charge in [0, 0.05) is 45.3 Å². The predicted molar refractivity (Wildman–Crippen MR) is 109 cm³/mol. The number of hydrogen-bond acceptors (Lipinski definition) is 5. The van der Waals surface area contributed by atoms with E-state index in [1.54, 1.807) is 6.92 Å². The van der Waals surface area contributed by atoms with Gasteiger partial charge < -0.3 is 19.6 Å². The Balaban J connectivity index is 0.00000243. The van der Waals surface area contributed by atoms with Crippen LogP contribution in [0, 0.1) is 12.7 Å². The highest BCUT2D eigenvalue weighted by Gasteiger charge is 2.20. The zero-order valence-electron chi connectivity index (χ0n) is 15.0. The normalized spacial score (nSPS) is 15.0. The molecule has 142 valence electrons. The van der Waals surface area contributed by atoms with Gasteiger partial charge in [-0.1, -0.05) is 5.16 Å². The molecular formula is C17H24FIN6O. The molecule has 1 fully saturated rings. The van der Waals surface area contributed by atoms with Crippen LogP contribution in [0.25, 0.3) is 0 Å². The van der Waals surface area contributed by atoms with Crippen molar-refractivity contribution in [3.05, 3.63) is 41.8 Å². The Morgan fingerprint density at radius 1 is 1.23 bits per heavy atom. The van der Waals surface area contributed by atoms with Crippen molar-refractivity contribution >= 4 is 35.6 Å². The third-order valence-electron chi connectivity index (χ3n) is 4.05. The number of guanidine groups is 1. The van der Waals surface area contributed by atoms with Gasteiger partial charge in [-0.2, -0.15) is 4.98 Å². The van der Waals surface area contributed by atoms with Crippen LogP contribution in [0.1, 0.15) is 18.6 Å². The molecule has 1 aliphatic heterocycles. The summed E-state index contributed by atoms with van der Waals surface area (Å²) < 4.78 is 18.0. The number of nitrogens with one attached hydrogen (secondary N) is 1. The van der Waals surface area contributed by atoms with E-state index in [4.69, 9.17) is 4.52 Å². The van der Waals surface area contributed by atoms with Gasteiger partial charge in [0.1, 0.15) is 12.4 Å². The first-order chi connectivity index (χ1) is 12.2. The lowest BCUT2D eigenvalue weighted by Crippen LogP contribution is -2.52. The molecule has 0 unspecified atom stereocenters. The standard InChI is InChI=1S/C17H23FN6O.HI/c1-3-19-17(20-12-16-21-13(2)25-22-16)24-10-8-23(9-11-24)15-6-4-14(18)5-7-15;/h4-7H,3,8-12H2,1-2H3,(H,19,20);1H. The van der Waals surface area contributed by atoms with Crippen LogP contribution in [-0.4, -0.2) is 53.7 Å². The Hall–Kier alpha value is -1.91. The third-order valence-corrected chi connectivity index (χ3v) is 4.05. The van der Waals surface area contributed by atoms with Gasteiger partial charge in [-0.25, -0.2) is 9.38 Å². The fraction of sp³-hybridized carbons (Fsp3) is 0.471. The number of halogens is 2. The summed E-state index contributed by atoms with van der Waals surface area (Å²) in [6, 6.07) is 6.64. The summed E-state index contributed by atoms with van der Waals surface area (Å²) in [6.07, 6.45) is 0. The smallest absolute Gasteiger partial charge is 0.223 e. The van der Waals surface area contributed by atoms with Gasteiger partial charge in [0.2, 0.25) is 5.89 Å². The van der Waals surface area contributed by atoms with Gasteiger partial charge in [0.25, 0.3) is 0 Å². The lowest BCUT2D eigenvalue weighted by molar-refractivity contribution is 0.371. The summed E-state index contributed by atoms with van der Waals surface area (Å²) in [7, 11) is 0. The van der Waals surface area contributed by atoms with E-state index in [2.05, 4.69) is 30.2 Å². The molecule has 0 bridgehead atoms. The molecule has 1 aliphatic rings. The molecule has 2 aromatic rings. The molecule has 2 heterocycles. The second-order valence-corrected chi connectivity index (χ2v) is 5.85. The van der Waals surface area contributed by atoms with Crippen molar-refractivity contribution in [1.29, 1.82) is 0 Å². The minimum Gasteiger partial charge on any atom is -0.368 e. The summed E-state index contributed by atoms with van der Waals surface area (Å²) >= 11 is 0. The van der Waals surface area contributed by atoms with E-state index >= 15 is 0 Å². The largest absolute Gasteiger partial charge is 0.368 e. The van der Waals surface area contributed by atoms with Crippen LogP contribution >= 0.6 is 24.0 Å². The number of benzene rings is 1. The van der Waals surface area contributed by atoms with Crippen molar-refractivity contribution in [2.24, 2.45) is 4.99 Å². The zero-order chi connectivity index (χ0) is 17.6. The van der Waals surface area contributed by atoms with E-state index in [0.29, 0.717) is 18.3 Å². The maximum Gasteiger partial charge on any atom is 0.223 e. The Labute approximate surface area is 169 Å². The zero-order valence-corrected chi connectivity index (χ0v) is 17.3. The molecule has 1 aromatic carbocycles.